The van der Waals surface area contributed by atoms with Crippen LogP contribution in [0.1, 0.15) is 11.6 Å². The van der Waals surface area contributed by atoms with Crippen LogP contribution in [0.4, 0.5) is 15.8 Å². The lowest BCUT2D eigenvalue weighted by molar-refractivity contribution is 0.610. The maximum absolute atomic E-state index is 14.0. The third-order valence-corrected chi connectivity index (χ3v) is 2.71. The average Bonchev–Trinajstić information content (AvgIpc) is 2.55. The first-order chi connectivity index (χ1) is 7.91. The number of benzene rings is 1. The summed E-state index contributed by atoms with van der Waals surface area (Å²) in [6.07, 6.45) is 0. The summed E-state index contributed by atoms with van der Waals surface area (Å²) < 4.78 is 15.3. The molecule has 7 heteroatoms. The molecule has 0 spiro atoms. The molecule has 0 unspecified atom stereocenters. The molecular formula is C10H11ClFN5. The normalized spacial score (nSPS) is 10.8. The lowest BCUT2D eigenvalue weighted by Gasteiger charge is -2.11. The zero-order chi connectivity index (χ0) is 12.7. The van der Waals surface area contributed by atoms with Gasteiger partial charge in [-0.3, -0.25) is 0 Å². The fourth-order valence-corrected chi connectivity index (χ4v) is 1.75. The predicted octanol–water partition coefficient (Wildman–Crippen LogP) is 1.84. The standard InChI is InChI=1S/C10H11ClFN5/c1-4-15-5(2)17(16-4)10-7(14)3-6(13)8(11)9(10)12/h3H,13-14H2,1-2H3. The van der Waals surface area contributed by atoms with Gasteiger partial charge in [0, 0.05) is 0 Å². The van der Waals surface area contributed by atoms with Gasteiger partial charge in [0.15, 0.2) is 5.82 Å². The summed E-state index contributed by atoms with van der Waals surface area (Å²) in [4.78, 5) is 4.08. The van der Waals surface area contributed by atoms with Crippen molar-refractivity contribution in [2.75, 3.05) is 11.5 Å². The van der Waals surface area contributed by atoms with Gasteiger partial charge in [-0.1, -0.05) is 11.6 Å². The van der Waals surface area contributed by atoms with Crippen LogP contribution in [0, 0.1) is 19.7 Å². The van der Waals surface area contributed by atoms with Crippen molar-refractivity contribution < 1.29 is 4.39 Å². The van der Waals surface area contributed by atoms with Gasteiger partial charge in [0.2, 0.25) is 0 Å². The van der Waals surface area contributed by atoms with Gasteiger partial charge in [-0.15, -0.1) is 0 Å². The molecule has 90 valence electrons. The Hall–Kier alpha value is -1.82. The van der Waals surface area contributed by atoms with Gasteiger partial charge >= 0.3 is 0 Å². The van der Waals surface area contributed by atoms with Crippen LogP contribution >= 0.6 is 11.6 Å². The fourth-order valence-electron chi connectivity index (χ4n) is 1.60. The van der Waals surface area contributed by atoms with Crippen molar-refractivity contribution in [3.8, 4) is 5.69 Å². The summed E-state index contributed by atoms with van der Waals surface area (Å²) >= 11 is 5.75. The molecule has 0 atom stereocenters. The largest absolute Gasteiger partial charge is 0.397 e. The molecule has 1 heterocycles. The molecule has 1 aromatic carbocycles. The third kappa shape index (κ3) is 1.80. The van der Waals surface area contributed by atoms with E-state index in [0.29, 0.717) is 11.6 Å². The molecule has 0 aliphatic heterocycles. The molecule has 1 aromatic heterocycles. The Bertz CT molecular complexity index is 593. The van der Waals surface area contributed by atoms with Crippen LogP contribution in [0.2, 0.25) is 5.02 Å². The second-order valence-corrected chi connectivity index (χ2v) is 4.03. The highest BCUT2D eigenvalue weighted by molar-refractivity contribution is 6.33. The van der Waals surface area contributed by atoms with Gasteiger partial charge in [-0.05, 0) is 19.9 Å². The van der Waals surface area contributed by atoms with Crippen LogP contribution in [0.25, 0.3) is 5.69 Å². The van der Waals surface area contributed by atoms with E-state index in [1.807, 2.05) is 0 Å². The molecule has 0 aliphatic rings. The summed E-state index contributed by atoms with van der Waals surface area (Å²) in [7, 11) is 0. The molecular weight excluding hydrogens is 245 g/mol. The Morgan fingerprint density at radius 3 is 2.47 bits per heavy atom. The summed E-state index contributed by atoms with van der Waals surface area (Å²) in [6.45, 7) is 3.40. The zero-order valence-corrected chi connectivity index (χ0v) is 10.1. The third-order valence-electron chi connectivity index (χ3n) is 2.33. The Morgan fingerprint density at radius 2 is 1.94 bits per heavy atom. The topological polar surface area (TPSA) is 82.8 Å². The Balaban J connectivity index is 2.76. The number of aryl methyl sites for hydroxylation is 2. The smallest absolute Gasteiger partial charge is 0.171 e. The molecule has 0 bridgehead atoms. The number of aromatic nitrogens is 3. The minimum absolute atomic E-state index is 0.0716. The van der Waals surface area contributed by atoms with Crippen LogP contribution in [0.5, 0.6) is 0 Å². The van der Waals surface area contributed by atoms with Gasteiger partial charge in [0.05, 0.1) is 11.4 Å². The van der Waals surface area contributed by atoms with Crippen molar-refractivity contribution in [3.05, 3.63) is 28.6 Å². The number of nitrogens with two attached hydrogens (primary N) is 2. The van der Waals surface area contributed by atoms with Crippen molar-refractivity contribution in [3.63, 3.8) is 0 Å². The monoisotopic (exact) mass is 255 g/mol. The zero-order valence-electron chi connectivity index (χ0n) is 9.33. The van der Waals surface area contributed by atoms with Gasteiger partial charge in [-0.25, -0.2) is 14.1 Å². The number of hydrogen-bond donors (Lipinski definition) is 2. The van der Waals surface area contributed by atoms with Crippen molar-refractivity contribution >= 4 is 23.0 Å². The van der Waals surface area contributed by atoms with Crippen LogP contribution in [0.3, 0.4) is 0 Å². The number of nitrogen functional groups attached to an aromatic ring is 2. The van der Waals surface area contributed by atoms with Gasteiger partial charge < -0.3 is 11.5 Å². The number of nitrogens with zero attached hydrogens (tertiary/aromatic N) is 3. The average molecular weight is 256 g/mol. The first kappa shape index (κ1) is 11.7. The Morgan fingerprint density at radius 1 is 1.29 bits per heavy atom. The molecule has 0 saturated heterocycles. The second-order valence-electron chi connectivity index (χ2n) is 3.65. The first-order valence-electron chi connectivity index (χ1n) is 4.85. The molecule has 0 aliphatic carbocycles. The second kappa shape index (κ2) is 3.89. The van der Waals surface area contributed by atoms with E-state index < -0.39 is 5.82 Å². The van der Waals surface area contributed by atoms with E-state index in [1.54, 1.807) is 13.8 Å². The van der Waals surface area contributed by atoms with Gasteiger partial charge in [-0.2, -0.15) is 5.10 Å². The summed E-state index contributed by atoms with van der Waals surface area (Å²) in [6, 6.07) is 1.40. The maximum atomic E-state index is 14.0. The van der Waals surface area contributed by atoms with Crippen molar-refractivity contribution in [2.24, 2.45) is 0 Å². The number of hydrogen-bond acceptors (Lipinski definition) is 4. The Kier molecular flexibility index (Phi) is 2.66. The molecule has 0 fully saturated rings. The molecule has 2 aromatic rings. The van der Waals surface area contributed by atoms with Gasteiger partial charge in [0.1, 0.15) is 22.4 Å². The van der Waals surface area contributed by atoms with Crippen LogP contribution in [-0.2, 0) is 0 Å². The molecule has 0 radical (unpaired) electrons. The minimum atomic E-state index is -0.697. The lowest BCUT2D eigenvalue weighted by atomic mass is 10.2. The van der Waals surface area contributed by atoms with Crippen LogP contribution in [-0.4, -0.2) is 14.8 Å². The van der Waals surface area contributed by atoms with E-state index in [0.717, 1.165) is 0 Å². The lowest BCUT2D eigenvalue weighted by Crippen LogP contribution is -2.08. The van der Waals surface area contributed by atoms with Crippen molar-refractivity contribution in [1.82, 2.24) is 14.8 Å². The highest BCUT2D eigenvalue weighted by Gasteiger charge is 2.18. The van der Waals surface area contributed by atoms with Crippen LogP contribution < -0.4 is 11.5 Å². The van der Waals surface area contributed by atoms with E-state index in [-0.39, 0.29) is 22.1 Å². The SMILES string of the molecule is Cc1nc(C)n(-c2c(N)cc(N)c(Cl)c2F)n1. The highest BCUT2D eigenvalue weighted by atomic mass is 35.5. The number of halogens is 2. The maximum Gasteiger partial charge on any atom is 0.171 e. The van der Waals surface area contributed by atoms with Crippen molar-refractivity contribution in [1.29, 1.82) is 0 Å². The quantitative estimate of drug-likeness (QED) is 0.762. The number of rotatable bonds is 1. The molecule has 17 heavy (non-hydrogen) atoms. The van der Waals surface area contributed by atoms with Crippen molar-refractivity contribution in [2.45, 2.75) is 13.8 Å². The van der Waals surface area contributed by atoms with E-state index in [2.05, 4.69) is 10.1 Å². The van der Waals surface area contributed by atoms with E-state index in [1.165, 1.54) is 10.7 Å². The predicted molar refractivity (Wildman–Crippen MR) is 64.6 cm³/mol. The molecule has 4 N–H and O–H groups in total. The van der Waals surface area contributed by atoms with E-state index in [9.17, 15) is 4.39 Å². The van der Waals surface area contributed by atoms with E-state index in [4.69, 9.17) is 23.1 Å². The molecule has 0 amide bonds. The number of anilines is 2. The summed E-state index contributed by atoms with van der Waals surface area (Å²) in [5.41, 5.74) is 11.6. The summed E-state index contributed by atoms with van der Waals surface area (Å²) in [5.74, 6) is 0.348. The van der Waals surface area contributed by atoms with Crippen LogP contribution in [0.15, 0.2) is 6.07 Å². The highest BCUT2D eigenvalue weighted by Crippen LogP contribution is 2.32. The molecule has 0 saturated carbocycles. The minimum Gasteiger partial charge on any atom is -0.397 e. The fraction of sp³-hybridized carbons (Fsp3) is 0.200. The molecule has 5 nitrogen and oxygen atoms in total. The first-order valence-corrected chi connectivity index (χ1v) is 5.23. The van der Waals surface area contributed by atoms with Gasteiger partial charge in [0.25, 0.3) is 0 Å². The van der Waals surface area contributed by atoms with E-state index >= 15 is 0 Å². The Labute approximate surface area is 102 Å². The molecule has 2 rings (SSSR count). The summed E-state index contributed by atoms with van der Waals surface area (Å²) in [5, 5.41) is 3.89.